The van der Waals surface area contributed by atoms with Gasteiger partial charge in [-0.3, -0.25) is 12.9 Å². The summed E-state index contributed by atoms with van der Waals surface area (Å²) in [6.07, 6.45) is 8.68. The predicted molar refractivity (Wildman–Crippen MR) is 80.8 cm³/mol. The van der Waals surface area contributed by atoms with E-state index in [4.69, 9.17) is 4.74 Å². The first-order chi connectivity index (χ1) is 10.5. The van der Waals surface area contributed by atoms with Gasteiger partial charge in [-0.05, 0) is 42.4 Å². The number of methoxy groups -OCH3 is 1. The molecule has 0 aromatic heterocycles. The molecule has 1 aromatic carbocycles. The van der Waals surface area contributed by atoms with Gasteiger partial charge in [-0.2, -0.15) is 18.2 Å². The normalized spacial score (nSPS) is 33.3. The van der Waals surface area contributed by atoms with Gasteiger partial charge in [0.15, 0.2) is 0 Å². The zero-order valence-corrected chi connectivity index (χ0v) is 16.9. The van der Waals surface area contributed by atoms with E-state index in [-0.39, 0.29) is 51.4 Å². The first-order valence-corrected chi connectivity index (χ1v) is 7.99. The van der Waals surface area contributed by atoms with Gasteiger partial charge in [-0.15, -0.1) is 11.6 Å². The van der Waals surface area contributed by atoms with E-state index >= 15 is 0 Å². The summed E-state index contributed by atoms with van der Waals surface area (Å²) in [5.41, 5.74) is 1.88. The van der Waals surface area contributed by atoms with Gasteiger partial charge in [-0.25, -0.2) is 0 Å². The van der Waals surface area contributed by atoms with Crippen LogP contribution in [0.5, 0.6) is 5.75 Å². The van der Waals surface area contributed by atoms with Gasteiger partial charge in [0.05, 0.1) is 7.11 Å². The third kappa shape index (κ3) is 4.38. The minimum atomic E-state index is -3.67. The van der Waals surface area contributed by atoms with Gasteiger partial charge in [-0.1, -0.05) is 19.3 Å². The standard InChI is InChI=1S/C17H21O.BF3.K/c1-18-16-5-3-2-4-15(16)17-9-12-6-13(10-17)8-14(7-12)11-17;2-1(3)4;/h3-5,12-14H,6-11H2,1H3;;/q-1;;+1. The predicted octanol–water partition coefficient (Wildman–Crippen LogP) is 1.85. The summed E-state index contributed by atoms with van der Waals surface area (Å²) in [4.78, 5) is 0. The van der Waals surface area contributed by atoms with Crippen molar-refractivity contribution >= 4 is 7.54 Å². The van der Waals surface area contributed by atoms with Crippen LogP contribution in [0.4, 0.5) is 12.9 Å². The summed E-state index contributed by atoms with van der Waals surface area (Å²) in [5.74, 6) is 4.05. The molecule has 4 aliphatic rings. The van der Waals surface area contributed by atoms with Crippen molar-refractivity contribution in [3.05, 3.63) is 29.8 Å². The van der Waals surface area contributed by atoms with Crippen molar-refractivity contribution in [2.75, 3.05) is 7.11 Å². The van der Waals surface area contributed by atoms with E-state index in [1.165, 1.54) is 44.1 Å². The molecular weight excluding hydrogens is 327 g/mol. The van der Waals surface area contributed by atoms with E-state index in [1.54, 1.807) is 7.11 Å². The SMILES string of the molecule is COc1cc[c-]cc1C12CC3CC(CC(C3)C1)C2.FB(F)F.[K+]. The average Bonchev–Trinajstić information content (AvgIpc) is 2.45. The second-order valence-electron chi connectivity index (χ2n) is 7.07. The number of benzene rings is 1. The number of hydrogen-bond acceptors (Lipinski definition) is 1. The molecule has 120 valence electrons. The minimum Gasteiger partial charge on any atom is -0.522 e. The van der Waals surface area contributed by atoms with Crippen molar-refractivity contribution in [2.24, 2.45) is 17.8 Å². The Bertz CT molecular complexity index is 488. The molecule has 4 fully saturated rings. The molecule has 4 aliphatic carbocycles. The van der Waals surface area contributed by atoms with Crippen molar-refractivity contribution in [1.29, 1.82) is 0 Å². The molecule has 0 atom stereocenters. The average molecular weight is 348 g/mol. The topological polar surface area (TPSA) is 9.23 Å². The van der Waals surface area contributed by atoms with Crippen molar-refractivity contribution in [2.45, 2.75) is 43.9 Å². The van der Waals surface area contributed by atoms with Gasteiger partial charge in [0.2, 0.25) is 0 Å². The molecule has 6 heteroatoms. The van der Waals surface area contributed by atoms with Crippen LogP contribution in [0.1, 0.15) is 44.1 Å². The third-order valence-electron chi connectivity index (χ3n) is 5.65. The molecule has 23 heavy (non-hydrogen) atoms. The Hall–Kier alpha value is 0.511. The van der Waals surface area contributed by atoms with E-state index in [2.05, 4.69) is 18.2 Å². The molecule has 0 spiro atoms. The van der Waals surface area contributed by atoms with Crippen LogP contribution in [0, 0.1) is 23.8 Å². The van der Waals surface area contributed by atoms with E-state index in [1.807, 2.05) is 6.07 Å². The Morgan fingerprint density at radius 1 is 1.09 bits per heavy atom. The molecule has 0 amide bonds. The number of halogens is 3. The van der Waals surface area contributed by atoms with Gasteiger partial charge in [0.1, 0.15) is 0 Å². The smallest absolute Gasteiger partial charge is 0.522 e. The maximum atomic E-state index is 9.67. The van der Waals surface area contributed by atoms with Crippen molar-refractivity contribution in [3.63, 3.8) is 0 Å². The maximum absolute atomic E-state index is 9.67. The van der Waals surface area contributed by atoms with Gasteiger partial charge >= 0.3 is 58.9 Å². The van der Waals surface area contributed by atoms with E-state index in [0.717, 1.165) is 23.5 Å². The van der Waals surface area contributed by atoms with Crippen LogP contribution in [-0.2, 0) is 5.41 Å². The summed E-state index contributed by atoms with van der Waals surface area (Å²) in [7, 11) is -1.86. The summed E-state index contributed by atoms with van der Waals surface area (Å²) in [5, 5.41) is 0. The first kappa shape index (κ1) is 19.8. The van der Waals surface area contributed by atoms with E-state index < -0.39 is 7.54 Å². The second kappa shape index (κ2) is 8.26. The molecule has 0 N–H and O–H groups in total. The molecule has 0 saturated heterocycles. The Morgan fingerprint density at radius 3 is 2.00 bits per heavy atom. The minimum absolute atomic E-state index is 0. The Morgan fingerprint density at radius 2 is 1.57 bits per heavy atom. The second-order valence-corrected chi connectivity index (χ2v) is 7.07. The maximum Gasteiger partial charge on any atom is 1.00 e. The molecule has 0 heterocycles. The van der Waals surface area contributed by atoms with Crippen LogP contribution in [0.3, 0.4) is 0 Å². The van der Waals surface area contributed by atoms with Gasteiger partial charge < -0.3 is 4.74 Å². The molecule has 4 bridgehead atoms. The summed E-state index contributed by atoms with van der Waals surface area (Å²) in [6, 6.07) is 9.55. The van der Waals surface area contributed by atoms with Crippen molar-refractivity contribution in [3.8, 4) is 5.75 Å². The molecule has 1 aromatic rings. The van der Waals surface area contributed by atoms with Gasteiger partial charge in [0, 0.05) is 5.75 Å². The largest absolute Gasteiger partial charge is 1.00 e. The Balaban J connectivity index is 0.000000349. The number of rotatable bonds is 2. The molecule has 0 radical (unpaired) electrons. The molecule has 0 unspecified atom stereocenters. The van der Waals surface area contributed by atoms with E-state index in [9.17, 15) is 12.9 Å². The zero-order valence-electron chi connectivity index (χ0n) is 13.8. The zero-order chi connectivity index (χ0) is 15.7. The number of ether oxygens (including phenoxy) is 1. The third-order valence-corrected chi connectivity index (χ3v) is 5.65. The van der Waals surface area contributed by atoms with Crippen LogP contribution < -0.4 is 56.1 Å². The Labute approximate surface area is 179 Å². The van der Waals surface area contributed by atoms with E-state index in [0.29, 0.717) is 5.41 Å². The van der Waals surface area contributed by atoms with Crippen LogP contribution in [0.15, 0.2) is 18.2 Å². The van der Waals surface area contributed by atoms with Crippen LogP contribution >= 0.6 is 0 Å². The summed E-state index contributed by atoms with van der Waals surface area (Å²) in [6.45, 7) is 0. The first-order valence-electron chi connectivity index (χ1n) is 7.99. The van der Waals surface area contributed by atoms with Crippen LogP contribution in [0.2, 0.25) is 0 Å². The van der Waals surface area contributed by atoms with Crippen LogP contribution in [-0.4, -0.2) is 14.7 Å². The molecule has 4 saturated carbocycles. The fourth-order valence-electron chi connectivity index (χ4n) is 5.45. The van der Waals surface area contributed by atoms with Crippen molar-refractivity contribution in [1.82, 2.24) is 0 Å². The number of hydrogen-bond donors (Lipinski definition) is 0. The fraction of sp³-hybridized carbons (Fsp3) is 0.647. The van der Waals surface area contributed by atoms with Crippen molar-refractivity contribution < 1.29 is 69.1 Å². The van der Waals surface area contributed by atoms with Gasteiger partial charge in [0.25, 0.3) is 0 Å². The van der Waals surface area contributed by atoms with Crippen LogP contribution in [0.25, 0.3) is 0 Å². The molecule has 5 rings (SSSR count). The fourth-order valence-corrected chi connectivity index (χ4v) is 5.45. The quantitative estimate of drug-likeness (QED) is 0.586. The Kier molecular flexibility index (Phi) is 7.12. The molecule has 1 nitrogen and oxygen atoms in total. The summed E-state index contributed by atoms with van der Waals surface area (Å²) < 4.78 is 34.6. The molecule has 0 aliphatic heterocycles. The monoisotopic (exact) mass is 348 g/mol. The molecular formula is C17H21BF3KO. The summed E-state index contributed by atoms with van der Waals surface area (Å²) >= 11 is 0.